The number of carbonyl (C=O) groups excluding carboxylic acids is 1. The summed E-state index contributed by atoms with van der Waals surface area (Å²) in [5.74, 6) is -1.50. The highest BCUT2D eigenvalue weighted by molar-refractivity contribution is 8.00. The van der Waals surface area contributed by atoms with Crippen LogP contribution in [0.1, 0.15) is 24.5 Å². The molecule has 0 aliphatic heterocycles. The van der Waals surface area contributed by atoms with E-state index in [0.29, 0.717) is 0 Å². The van der Waals surface area contributed by atoms with E-state index >= 15 is 0 Å². The van der Waals surface area contributed by atoms with Crippen LogP contribution in [0.25, 0.3) is 0 Å². The van der Waals surface area contributed by atoms with Crippen LogP contribution in [0.5, 0.6) is 0 Å². The van der Waals surface area contributed by atoms with Crippen molar-refractivity contribution in [2.75, 3.05) is 5.75 Å². The highest BCUT2D eigenvalue weighted by atomic mass is 32.2. The number of hydrogen-bond donors (Lipinski definition) is 3. The first-order chi connectivity index (χ1) is 9.97. The summed E-state index contributed by atoms with van der Waals surface area (Å²) < 4.78 is 0. The molecule has 0 heterocycles. The molecule has 0 spiro atoms. The number of nitrogens with one attached hydrogen (secondary N) is 1. The Hall–Kier alpha value is -1.53. The number of fused-ring (bicyclic) bond motifs is 1. The van der Waals surface area contributed by atoms with Crippen LogP contribution in [0, 0.1) is 0 Å². The predicted molar refractivity (Wildman–Crippen MR) is 80.4 cm³/mol. The first-order valence-electron chi connectivity index (χ1n) is 6.92. The number of hydrogen-bond acceptors (Lipinski definition) is 4. The summed E-state index contributed by atoms with van der Waals surface area (Å²) in [5.41, 5.74) is 2.72. The molecule has 5 nitrogen and oxygen atoms in total. The second-order valence-electron chi connectivity index (χ2n) is 5.20. The highest BCUT2D eigenvalue weighted by Gasteiger charge is 2.24. The molecule has 2 unspecified atom stereocenters. The molecule has 1 aromatic rings. The third-order valence-corrected chi connectivity index (χ3v) is 4.50. The molecule has 0 bridgehead atoms. The van der Waals surface area contributed by atoms with E-state index in [-0.39, 0.29) is 5.75 Å². The topological polar surface area (TPSA) is 86.6 Å². The monoisotopic (exact) mass is 309 g/mol. The molecule has 114 valence electrons. The molecule has 0 aromatic heterocycles. The number of aliphatic hydroxyl groups excluding tert-OH is 1. The Kier molecular flexibility index (Phi) is 5.25. The molecular formula is C15H19NO4S. The van der Waals surface area contributed by atoms with Gasteiger partial charge in [-0.2, -0.15) is 0 Å². The van der Waals surface area contributed by atoms with Crippen molar-refractivity contribution in [2.24, 2.45) is 0 Å². The van der Waals surface area contributed by atoms with Crippen molar-refractivity contribution >= 4 is 23.6 Å². The van der Waals surface area contributed by atoms with Crippen LogP contribution in [0.4, 0.5) is 0 Å². The summed E-state index contributed by atoms with van der Waals surface area (Å²) in [6.07, 6.45) is 2.25. The van der Waals surface area contributed by atoms with Crippen LogP contribution >= 0.6 is 11.8 Å². The van der Waals surface area contributed by atoms with Gasteiger partial charge in [-0.25, -0.2) is 4.79 Å². The zero-order valence-corrected chi connectivity index (χ0v) is 12.7. The van der Waals surface area contributed by atoms with Crippen molar-refractivity contribution in [1.29, 1.82) is 0 Å². The van der Waals surface area contributed by atoms with Crippen molar-refractivity contribution in [1.82, 2.24) is 5.32 Å². The second-order valence-corrected chi connectivity index (χ2v) is 6.25. The van der Waals surface area contributed by atoms with Gasteiger partial charge in [0, 0.05) is 4.90 Å². The van der Waals surface area contributed by atoms with Crippen molar-refractivity contribution in [3.8, 4) is 0 Å². The first kappa shape index (κ1) is 15.9. The summed E-state index contributed by atoms with van der Waals surface area (Å²) in [7, 11) is 0. The van der Waals surface area contributed by atoms with Gasteiger partial charge in [0.05, 0.1) is 11.9 Å². The van der Waals surface area contributed by atoms with Crippen LogP contribution in [-0.4, -0.2) is 40.0 Å². The van der Waals surface area contributed by atoms with E-state index in [0.717, 1.165) is 17.7 Å². The number of aliphatic hydroxyl groups is 1. The van der Waals surface area contributed by atoms with Crippen molar-refractivity contribution in [2.45, 2.75) is 43.2 Å². The minimum absolute atomic E-state index is 0.134. The molecular weight excluding hydrogens is 290 g/mol. The molecule has 2 atom stereocenters. The summed E-state index contributed by atoms with van der Waals surface area (Å²) >= 11 is 1.37. The van der Waals surface area contributed by atoms with Gasteiger partial charge in [-0.3, -0.25) is 4.79 Å². The largest absolute Gasteiger partial charge is 0.480 e. The van der Waals surface area contributed by atoms with Gasteiger partial charge in [0.1, 0.15) is 0 Å². The van der Waals surface area contributed by atoms with Gasteiger partial charge in [0.25, 0.3) is 0 Å². The van der Waals surface area contributed by atoms with Crippen LogP contribution in [0.3, 0.4) is 0 Å². The molecule has 0 saturated carbocycles. The number of carbonyl (C=O) groups is 2. The predicted octanol–water partition coefficient (Wildman–Crippen LogP) is 1.22. The smallest absolute Gasteiger partial charge is 0.328 e. The number of rotatable bonds is 6. The summed E-state index contributed by atoms with van der Waals surface area (Å²) in [4.78, 5) is 23.7. The lowest BCUT2D eigenvalue weighted by molar-refractivity contribution is -0.144. The normalized spacial score (nSPS) is 16.1. The Labute approximate surface area is 127 Å². The van der Waals surface area contributed by atoms with Gasteiger partial charge in [-0.15, -0.1) is 11.8 Å². The first-order valence-corrected chi connectivity index (χ1v) is 7.91. The van der Waals surface area contributed by atoms with E-state index in [1.165, 1.54) is 36.2 Å². The Morgan fingerprint density at radius 2 is 2.05 bits per heavy atom. The summed E-state index contributed by atoms with van der Waals surface area (Å²) in [6, 6.07) is 4.92. The van der Waals surface area contributed by atoms with E-state index in [1.807, 2.05) is 6.07 Å². The molecule has 0 radical (unpaired) electrons. The molecule has 1 aliphatic rings. The Morgan fingerprint density at radius 3 is 2.71 bits per heavy atom. The van der Waals surface area contributed by atoms with E-state index in [4.69, 9.17) is 5.11 Å². The van der Waals surface area contributed by atoms with Gasteiger partial charge in [-0.1, -0.05) is 6.07 Å². The van der Waals surface area contributed by atoms with Crippen LogP contribution in [0.2, 0.25) is 0 Å². The lowest BCUT2D eigenvalue weighted by Crippen LogP contribution is -2.48. The molecule has 2 rings (SSSR count). The van der Waals surface area contributed by atoms with Gasteiger partial charge < -0.3 is 15.5 Å². The SMILES string of the molecule is CC(O)C(NC(=O)CSc1ccc2c(c1)CCC2)C(=O)O. The number of aliphatic carboxylic acids is 1. The third kappa shape index (κ3) is 4.22. The molecule has 21 heavy (non-hydrogen) atoms. The van der Waals surface area contributed by atoms with Gasteiger partial charge in [0.2, 0.25) is 5.91 Å². The number of carboxylic acid groups (broad SMARTS) is 1. The fourth-order valence-corrected chi connectivity index (χ4v) is 3.16. The number of aryl methyl sites for hydroxylation is 2. The van der Waals surface area contributed by atoms with E-state index in [9.17, 15) is 14.7 Å². The highest BCUT2D eigenvalue weighted by Crippen LogP contribution is 2.27. The fourth-order valence-electron chi connectivity index (χ4n) is 2.39. The average Bonchev–Trinajstić information content (AvgIpc) is 2.89. The number of benzene rings is 1. The zero-order valence-electron chi connectivity index (χ0n) is 11.8. The number of thioether (sulfide) groups is 1. The van der Waals surface area contributed by atoms with E-state index < -0.39 is 24.0 Å². The number of carboxylic acids is 1. The van der Waals surface area contributed by atoms with Gasteiger partial charge in [-0.05, 0) is 49.4 Å². The van der Waals surface area contributed by atoms with Gasteiger partial charge in [0.15, 0.2) is 6.04 Å². The maximum absolute atomic E-state index is 11.8. The molecule has 3 N–H and O–H groups in total. The van der Waals surface area contributed by atoms with Crippen molar-refractivity contribution < 1.29 is 19.8 Å². The van der Waals surface area contributed by atoms with E-state index in [2.05, 4.69) is 17.4 Å². The Morgan fingerprint density at radius 1 is 1.33 bits per heavy atom. The van der Waals surface area contributed by atoms with Crippen molar-refractivity contribution in [3.05, 3.63) is 29.3 Å². The zero-order chi connectivity index (χ0) is 15.4. The average molecular weight is 309 g/mol. The lowest BCUT2D eigenvalue weighted by Gasteiger charge is -2.16. The lowest BCUT2D eigenvalue weighted by atomic mass is 10.1. The molecule has 1 aromatic carbocycles. The fraction of sp³-hybridized carbons (Fsp3) is 0.467. The van der Waals surface area contributed by atoms with E-state index in [1.54, 1.807) is 0 Å². The molecule has 0 fully saturated rings. The molecule has 0 saturated heterocycles. The van der Waals surface area contributed by atoms with Crippen LogP contribution in [0.15, 0.2) is 23.1 Å². The van der Waals surface area contributed by atoms with Crippen LogP contribution < -0.4 is 5.32 Å². The Balaban J connectivity index is 1.88. The standard InChI is InChI=1S/C15H19NO4S/c1-9(17)14(15(19)20)16-13(18)8-21-12-6-5-10-3-2-4-11(10)7-12/h5-7,9,14,17H,2-4,8H2,1H3,(H,16,18)(H,19,20). The summed E-state index contributed by atoms with van der Waals surface area (Å²) in [5, 5.41) is 20.6. The van der Waals surface area contributed by atoms with Crippen molar-refractivity contribution in [3.63, 3.8) is 0 Å². The van der Waals surface area contributed by atoms with Gasteiger partial charge >= 0.3 is 5.97 Å². The minimum Gasteiger partial charge on any atom is -0.480 e. The molecule has 1 aliphatic carbocycles. The Bertz CT molecular complexity index is 544. The summed E-state index contributed by atoms with van der Waals surface area (Å²) in [6.45, 7) is 1.34. The minimum atomic E-state index is -1.27. The quantitative estimate of drug-likeness (QED) is 0.688. The third-order valence-electron chi connectivity index (χ3n) is 3.50. The van der Waals surface area contributed by atoms with Crippen LogP contribution in [-0.2, 0) is 22.4 Å². The maximum atomic E-state index is 11.8. The number of amides is 1. The second kappa shape index (κ2) is 6.95. The molecule has 6 heteroatoms. The molecule has 1 amide bonds. The maximum Gasteiger partial charge on any atom is 0.328 e.